The quantitative estimate of drug-likeness (QED) is 0.812. The summed E-state index contributed by atoms with van der Waals surface area (Å²) in [6, 6.07) is 6.41. The van der Waals surface area contributed by atoms with Gasteiger partial charge >= 0.3 is 0 Å². The number of hydrogen-bond donors (Lipinski definition) is 1. The molecule has 19 heavy (non-hydrogen) atoms. The lowest BCUT2D eigenvalue weighted by atomic mass is 9.92. The highest BCUT2D eigenvalue weighted by Gasteiger charge is 2.15. The maximum atomic E-state index is 11.8. The molecular weight excluding hydrogens is 234 g/mol. The highest BCUT2D eigenvalue weighted by molar-refractivity contribution is 5.85. The molecule has 0 saturated heterocycles. The molecule has 2 heteroatoms. The van der Waals surface area contributed by atoms with Crippen LogP contribution < -0.4 is 5.32 Å². The van der Waals surface area contributed by atoms with E-state index in [1.54, 1.807) is 0 Å². The predicted molar refractivity (Wildman–Crippen MR) is 83.0 cm³/mol. The number of hydrogen-bond acceptors (Lipinski definition) is 2. The first kappa shape index (κ1) is 15.7. The summed E-state index contributed by atoms with van der Waals surface area (Å²) in [7, 11) is 0. The van der Waals surface area contributed by atoms with Gasteiger partial charge in [0.2, 0.25) is 0 Å². The van der Waals surface area contributed by atoms with Crippen LogP contribution in [0.4, 0.5) is 5.69 Å². The molecule has 2 nitrogen and oxygen atoms in total. The number of ketones is 1. The van der Waals surface area contributed by atoms with Crippen molar-refractivity contribution in [3.63, 3.8) is 0 Å². The maximum Gasteiger partial charge on any atom is 0.154 e. The summed E-state index contributed by atoms with van der Waals surface area (Å²) >= 11 is 0. The SMILES string of the molecule is CC(C)C(=O)CNc1c(C(C)C)cccc1C(C)C. The van der Waals surface area contributed by atoms with Crippen LogP contribution in [0.25, 0.3) is 0 Å². The van der Waals surface area contributed by atoms with Gasteiger partial charge in [-0.1, -0.05) is 59.7 Å². The Kier molecular flexibility index (Phi) is 5.59. The van der Waals surface area contributed by atoms with Crippen molar-refractivity contribution in [3.05, 3.63) is 29.3 Å². The maximum absolute atomic E-state index is 11.8. The van der Waals surface area contributed by atoms with Crippen molar-refractivity contribution in [2.45, 2.75) is 53.4 Å². The van der Waals surface area contributed by atoms with Crippen molar-refractivity contribution < 1.29 is 4.79 Å². The van der Waals surface area contributed by atoms with E-state index in [1.807, 2.05) is 13.8 Å². The zero-order chi connectivity index (χ0) is 14.6. The van der Waals surface area contributed by atoms with Gasteiger partial charge in [-0.05, 0) is 23.0 Å². The predicted octanol–water partition coefficient (Wildman–Crippen LogP) is 4.57. The monoisotopic (exact) mass is 261 g/mol. The molecule has 106 valence electrons. The molecule has 1 aromatic rings. The number of benzene rings is 1. The smallest absolute Gasteiger partial charge is 0.154 e. The molecule has 0 saturated carbocycles. The number of para-hydroxylation sites is 1. The van der Waals surface area contributed by atoms with Gasteiger partial charge in [0.15, 0.2) is 5.78 Å². The topological polar surface area (TPSA) is 29.1 Å². The van der Waals surface area contributed by atoms with Gasteiger partial charge in [0.25, 0.3) is 0 Å². The third-order valence-corrected chi connectivity index (χ3v) is 3.46. The third kappa shape index (κ3) is 4.09. The number of rotatable bonds is 6. The van der Waals surface area contributed by atoms with E-state index >= 15 is 0 Å². The molecule has 0 aliphatic heterocycles. The van der Waals surface area contributed by atoms with Crippen LogP contribution in [0.5, 0.6) is 0 Å². The molecule has 0 fully saturated rings. The Balaban J connectivity index is 3.04. The minimum absolute atomic E-state index is 0.0845. The van der Waals surface area contributed by atoms with E-state index in [1.165, 1.54) is 11.1 Å². The number of Topliss-reactive ketones (excluding diaryl/α,β-unsaturated/α-hetero) is 1. The summed E-state index contributed by atoms with van der Waals surface area (Å²) in [6.45, 7) is 13.1. The average molecular weight is 261 g/mol. The van der Waals surface area contributed by atoms with Crippen molar-refractivity contribution in [2.24, 2.45) is 5.92 Å². The van der Waals surface area contributed by atoms with Gasteiger partial charge < -0.3 is 5.32 Å². The van der Waals surface area contributed by atoms with E-state index in [9.17, 15) is 4.79 Å². The van der Waals surface area contributed by atoms with Crippen molar-refractivity contribution in [3.8, 4) is 0 Å². The normalized spacial score (nSPS) is 11.4. The Hall–Kier alpha value is -1.31. The van der Waals surface area contributed by atoms with Crippen LogP contribution in [0.1, 0.15) is 64.5 Å². The van der Waals surface area contributed by atoms with Crippen molar-refractivity contribution in [1.29, 1.82) is 0 Å². The third-order valence-electron chi connectivity index (χ3n) is 3.46. The number of carbonyl (C=O) groups excluding carboxylic acids is 1. The molecule has 0 aliphatic rings. The fraction of sp³-hybridized carbons (Fsp3) is 0.588. The molecule has 0 atom stereocenters. The van der Waals surface area contributed by atoms with Gasteiger partial charge in [0, 0.05) is 11.6 Å². The summed E-state index contributed by atoms with van der Waals surface area (Å²) in [6.07, 6.45) is 0. The van der Waals surface area contributed by atoms with Crippen LogP contribution in [-0.4, -0.2) is 12.3 Å². The highest BCUT2D eigenvalue weighted by atomic mass is 16.1. The second-order valence-electron chi connectivity index (χ2n) is 6.10. The Morgan fingerprint density at radius 1 is 1.00 bits per heavy atom. The first-order valence-corrected chi connectivity index (χ1v) is 7.24. The summed E-state index contributed by atoms with van der Waals surface area (Å²) in [5.41, 5.74) is 3.74. The fourth-order valence-electron chi connectivity index (χ4n) is 2.13. The lowest BCUT2D eigenvalue weighted by Crippen LogP contribution is -2.20. The first-order valence-electron chi connectivity index (χ1n) is 7.24. The Bertz CT molecular complexity index is 407. The largest absolute Gasteiger partial charge is 0.377 e. The number of nitrogens with one attached hydrogen (secondary N) is 1. The van der Waals surface area contributed by atoms with E-state index in [0.29, 0.717) is 18.4 Å². The average Bonchev–Trinajstić information content (AvgIpc) is 2.34. The Morgan fingerprint density at radius 2 is 1.47 bits per heavy atom. The van der Waals surface area contributed by atoms with Gasteiger partial charge in [-0.25, -0.2) is 0 Å². The van der Waals surface area contributed by atoms with Crippen molar-refractivity contribution >= 4 is 11.5 Å². The molecule has 0 aliphatic carbocycles. The van der Waals surface area contributed by atoms with Crippen LogP contribution in [0, 0.1) is 5.92 Å². The molecule has 1 aromatic carbocycles. The standard InChI is InChI=1S/C17H27NO/c1-11(2)14-8-7-9-15(12(3)4)17(14)18-10-16(19)13(5)6/h7-9,11-13,18H,10H2,1-6H3. The molecule has 0 spiro atoms. The summed E-state index contributed by atoms with van der Waals surface area (Å²) in [4.78, 5) is 11.8. The van der Waals surface area contributed by atoms with Gasteiger partial charge in [-0.2, -0.15) is 0 Å². The van der Waals surface area contributed by atoms with Gasteiger partial charge in [-0.3, -0.25) is 4.79 Å². The molecule has 0 aromatic heterocycles. The zero-order valence-electron chi connectivity index (χ0n) is 13.1. The van der Waals surface area contributed by atoms with Crippen molar-refractivity contribution in [1.82, 2.24) is 0 Å². The summed E-state index contributed by atoms with van der Waals surface area (Å²) < 4.78 is 0. The van der Waals surface area contributed by atoms with Crippen molar-refractivity contribution in [2.75, 3.05) is 11.9 Å². The molecule has 0 heterocycles. The molecule has 1 N–H and O–H groups in total. The molecular formula is C17H27NO. The Labute approximate surface area is 117 Å². The van der Waals surface area contributed by atoms with Crippen LogP contribution in [-0.2, 0) is 4.79 Å². The number of carbonyl (C=O) groups is 1. The van der Waals surface area contributed by atoms with Gasteiger partial charge in [0.1, 0.15) is 0 Å². The van der Waals surface area contributed by atoms with Gasteiger partial charge in [-0.15, -0.1) is 0 Å². The molecule has 1 rings (SSSR count). The molecule has 0 bridgehead atoms. The van der Waals surface area contributed by atoms with E-state index in [-0.39, 0.29) is 11.7 Å². The second-order valence-corrected chi connectivity index (χ2v) is 6.10. The van der Waals surface area contributed by atoms with E-state index in [2.05, 4.69) is 51.2 Å². The lowest BCUT2D eigenvalue weighted by molar-refractivity contribution is -0.120. The van der Waals surface area contributed by atoms with Crippen LogP contribution >= 0.6 is 0 Å². The minimum Gasteiger partial charge on any atom is -0.377 e. The van der Waals surface area contributed by atoms with E-state index in [0.717, 1.165) is 5.69 Å². The first-order chi connectivity index (χ1) is 8.84. The molecule has 0 unspecified atom stereocenters. The molecule has 0 radical (unpaired) electrons. The number of anilines is 1. The fourth-order valence-corrected chi connectivity index (χ4v) is 2.13. The highest BCUT2D eigenvalue weighted by Crippen LogP contribution is 2.32. The van der Waals surface area contributed by atoms with Gasteiger partial charge in [0.05, 0.1) is 6.54 Å². The molecule has 0 amide bonds. The summed E-state index contributed by atoms with van der Waals surface area (Å²) in [5.74, 6) is 1.25. The lowest BCUT2D eigenvalue weighted by Gasteiger charge is -2.21. The van der Waals surface area contributed by atoms with E-state index in [4.69, 9.17) is 0 Å². The van der Waals surface area contributed by atoms with Crippen LogP contribution in [0.15, 0.2) is 18.2 Å². The zero-order valence-corrected chi connectivity index (χ0v) is 13.1. The Morgan fingerprint density at radius 3 is 1.84 bits per heavy atom. The van der Waals surface area contributed by atoms with E-state index < -0.39 is 0 Å². The second kappa shape index (κ2) is 6.74. The minimum atomic E-state index is 0.0845. The summed E-state index contributed by atoms with van der Waals surface area (Å²) in [5, 5.41) is 3.38. The van der Waals surface area contributed by atoms with Crippen LogP contribution in [0.3, 0.4) is 0 Å². The van der Waals surface area contributed by atoms with Crippen LogP contribution in [0.2, 0.25) is 0 Å².